The summed E-state index contributed by atoms with van der Waals surface area (Å²) in [6.07, 6.45) is 0. The first-order valence-electron chi connectivity index (χ1n) is 26.3. The number of nitrogens with one attached hydrogen (secondary N) is 2. The first-order valence-corrected chi connectivity index (χ1v) is 26.3. The quantitative estimate of drug-likeness (QED) is 0.147. The maximum Gasteiger partial charge on any atom is 0.164 e. The van der Waals surface area contributed by atoms with Gasteiger partial charge in [-0.05, 0) is 116 Å². The van der Waals surface area contributed by atoms with Gasteiger partial charge in [0.15, 0.2) is 23.3 Å². The second kappa shape index (κ2) is 16.8. The zero-order chi connectivity index (χ0) is 52.8. The van der Waals surface area contributed by atoms with Gasteiger partial charge in [0.1, 0.15) is 48.8 Å². The van der Waals surface area contributed by atoms with Crippen molar-refractivity contribution < 1.29 is 17.9 Å². The SMILES string of the molecule is C[N+](C)(C)Cc1ccc2cc3c(cc2c1)-c1nc-3nc2[nH]c(nc3nc(nc4[nH]c(n1)c1cc5ccc(C[N+](C)(C)C)cc5cc41)-c1cc4ccc(C[N+](C)(C)C)cc4cc1-3)c1cc3ccc(C[N+](C)(C)C)cc3cc21. The Morgan fingerprint density at radius 1 is 0.263 bits per heavy atom. The minimum atomic E-state index is 0.582. The summed E-state index contributed by atoms with van der Waals surface area (Å²) >= 11 is 0. The molecule has 0 aliphatic carbocycles. The van der Waals surface area contributed by atoms with E-state index in [1.54, 1.807) is 0 Å². The van der Waals surface area contributed by atoms with Gasteiger partial charge < -0.3 is 27.9 Å². The molecule has 8 aromatic carbocycles. The van der Waals surface area contributed by atoms with E-state index >= 15 is 0 Å². The fraction of sp³-hybridized carbons (Fsp3) is 0.250. The van der Waals surface area contributed by atoms with Gasteiger partial charge in [0.2, 0.25) is 0 Å². The highest BCUT2D eigenvalue weighted by Gasteiger charge is 2.25. The predicted octanol–water partition coefficient (Wildman–Crippen LogP) is 12.3. The van der Waals surface area contributed by atoms with Crippen molar-refractivity contribution in [3.63, 3.8) is 0 Å². The van der Waals surface area contributed by atoms with Gasteiger partial charge in [-0.25, -0.2) is 29.9 Å². The number of aromatic amines is 2. The Morgan fingerprint density at radius 3 is 0.750 bits per heavy atom. The Morgan fingerprint density at radius 2 is 0.487 bits per heavy atom. The molecule has 13 rings (SSSR count). The zero-order valence-electron chi connectivity index (χ0n) is 45.8. The van der Waals surface area contributed by atoms with E-state index in [2.05, 4.69) is 216 Å². The summed E-state index contributed by atoms with van der Waals surface area (Å²) in [5.74, 6) is 2.33. The fourth-order valence-corrected chi connectivity index (χ4v) is 11.5. The molecule has 5 heterocycles. The number of hydrogen-bond acceptors (Lipinski definition) is 6. The van der Waals surface area contributed by atoms with Gasteiger partial charge in [-0.1, -0.05) is 48.5 Å². The number of nitrogens with zero attached hydrogens (tertiary/aromatic N) is 10. The van der Waals surface area contributed by atoms with Crippen molar-refractivity contribution in [3.8, 4) is 45.6 Å². The number of quaternary nitrogens is 4. The van der Waals surface area contributed by atoms with E-state index < -0.39 is 0 Å². The van der Waals surface area contributed by atoms with Gasteiger partial charge in [-0.15, -0.1) is 0 Å². The van der Waals surface area contributed by atoms with Gasteiger partial charge in [0.05, 0.1) is 84.6 Å². The average molecular weight is 1000 g/mol. The third-order valence-corrected chi connectivity index (χ3v) is 14.5. The van der Waals surface area contributed by atoms with Crippen LogP contribution in [0.1, 0.15) is 22.3 Å². The molecular formula is C64H66N12+4. The van der Waals surface area contributed by atoms with E-state index in [-0.39, 0.29) is 0 Å². The smallest absolute Gasteiger partial charge is 0.164 e. The van der Waals surface area contributed by atoms with Crippen molar-refractivity contribution in [1.29, 1.82) is 0 Å². The number of fused-ring (bicyclic) bond motifs is 24. The molecule has 12 heteroatoms. The van der Waals surface area contributed by atoms with E-state index in [1.165, 1.54) is 22.3 Å². The van der Waals surface area contributed by atoms with Crippen LogP contribution in [-0.4, -0.2) is 142 Å². The van der Waals surface area contributed by atoms with E-state index in [0.29, 0.717) is 45.9 Å². The van der Waals surface area contributed by atoms with Gasteiger partial charge in [-0.2, -0.15) is 0 Å². The highest BCUT2D eigenvalue weighted by Crippen LogP contribution is 2.41. The molecule has 0 saturated heterocycles. The molecule has 0 unspecified atom stereocenters. The molecule has 2 aliphatic heterocycles. The standard InChI is InChI=1S/C64H66N12/c1-73(2,3)33-37-13-17-41-25-49-53(29-45(41)21-37)61-65-57(49)70-62-55-31-47-23-39(35-75(7,8)9)15-19-43(47)27-51(55)59(67-62)72-64-56-32-48-24-40(36-76(10,11)12)16-20-44(48)28-52(56)60(68-64)71-63-54-30-46-22-38(34-74(4,5)6)14-18-42(46)26-50(54)58(66-63)69-61/h13-32H,33-36H2,1-12H3,(H2,65,66,67,68,69,70,71,72)/q+4. The maximum atomic E-state index is 5.52. The van der Waals surface area contributed by atoms with Crippen molar-refractivity contribution in [2.75, 3.05) is 84.6 Å². The van der Waals surface area contributed by atoms with Crippen LogP contribution < -0.4 is 0 Å². The summed E-state index contributed by atoms with van der Waals surface area (Å²) in [6.45, 7) is 3.61. The molecule has 12 nitrogen and oxygen atoms in total. The van der Waals surface area contributed by atoms with Crippen LogP contribution in [-0.2, 0) is 26.2 Å². The second-order valence-electron chi connectivity index (χ2n) is 25.7. The summed E-state index contributed by atoms with van der Waals surface area (Å²) < 4.78 is 3.30. The lowest BCUT2D eigenvalue weighted by atomic mass is 9.99. The third-order valence-electron chi connectivity index (χ3n) is 14.5. The molecule has 0 saturated carbocycles. The molecule has 11 aromatic rings. The molecule has 2 aliphatic rings. The van der Waals surface area contributed by atoms with Crippen molar-refractivity contribution in [2.24, 2.45) is 0 Å². The monoisotopic (exact) mass is 1000 g/mol. The van der Waals surface area contributed by atoms with Crippen LogP contribution in [0, 0.1) is 0 Å². The first-order chi connectivity index (χ1) is 36.0. The van der Waals surface area contributed by atoms with E-state index in [0.717, 1.165) is 131 Å². The zero-order valence-corrected chi connectivity index (χ0v) is 45.8. The number of H-pyrrole nitrogens is 2. The Balaban J connectivity index is 1.15. The van der Waals surface area contributed by atoms with Crippen molar-refractivity contribution in [2.45, 2.75) is 26.2 Å². The molecule has 378 valence electrons. The minimum Gasteiger partial charge on any atom is -0.327 e. The molecular weight excluding hydrogens is 937 g/mol. The lowest BCUT2D eigenvalue weighted by molar-refractivity contribution is -0.884. The number of rotatable bonds is 8. The first kappa shape index (κ1) is 47.7. The van der Waals surface area contributed by atoms with Crippen LogP contribution in [0.15, 0.2) is 121 Å². The van der Waals surface area contributed by atoms with Crippen LogP contribution in [0.5, 0.6) is 0 Å². The highest BCUT2D eigenvalue weighted by molar-refractivity contribution is 6.13. The number of hydrogen-bond donors (Lipinski definition) is 2. The summed E-state index contributed by atoms with van der Waals surface area (Å²) in [6, 6.07) is 45.1. The van der Waals surface area contributed by atoms with Crippen LogP contribution in [0.4, 0.5) is 0 Å². The molecule has 0 atom stereocenters. The normalized spacial score (nSPS) is 13.2. The lowest BCUT2D eigenvalue weighted by Crippen LogP contribution is -2.33. The Hall–Kier alpha value is -8.00. The molecule has 0 radical (unpaired) electrons. The topological polar surface area (TPSA) is 109 Å². The summed E-state index contributed by atoms with van der Waals surface area (Å²) in [5.41, 5.74) is 11.4. The van der Waals surface area contributed by atoms with E-state index in [4.69, 9.17) is 29.9 Å². The molecule has 76 heavy (non-hydrogen) atoms. The van der Waals surface area contributed by atoms with Gasteiger partial charge in [0.25, 0.3) is 0 Å². The van der Waals surface area contributed by atoms with E-state index in [1.807, 2.05) is 0 Å². The van der Waals surface area contributed by atoms with Gasteiger partial charge in [-0.3, -0.25) is 0 Å². The molecule has 0 fully saturated rings. The maximum absolute atomic E-state index is 5.52. The number of benzene rings is 8. The average Bonchev–Trinajstić information content (AvgIpc) is 4.04. The Labute approximate surface area is 443 Å². The highest BCUT2D eigenvalue weighted by atomic mass is 15.3. The number of aromatic nitrogens is 8. The van der Waals surface area contributed by atoms with Crippen molar-refractivity contribution in [1.82, 2.24) is 39.9 Å². The van der Waals surface area contributed by atoms with E-state index in [9.17, 15) is 0 Å². The second-order valence-corrected chi connectivity index (χ2v) is 25.7. The van der Waals surface area contributed by atoms with Crippen LogP contribution >= 0.6 is 0 Å². The fourth-order valence-electron chi connectivity index (χ4n) is 11.5. The van der Waals surface area contributed by atoms with Crippen LogP contribution in [0.3, 0.4) is 0 Å². The van der Waals surface area contributed by atoms with Crippen LogP contribution in [0.2, 0.25) is 0 Å². The third kappa shape index (κ3) is 9.00. The minimum absolute atomic E-state index is 0.582. The largest absolute Gasteiger partial charge is 0.327 e. The Bertz CT molecular complexity index is 4170. The predicted molar refractivity (Wildman–Crippen MR) is 313 cm³/mol. The van der Waals surface area contributed by atoms with Crippen molar-refractivity contribution >= 4 is 87.2 Å². The molecule has 2 N–H and O–H groups in total. The summed E-state index contributed by atoms with van der Waals surface area (Å²) in [5, 5.41) is 12.8. The summed E-state index contributed by atoms with van der Waals surface area (Å²) in [7, 11) is 26.7. The Kier molecular flexibility index (Phi) is 10.5. The molecule has 0 amide bonds. The molecule has 0 spiro atoms. The van der Waals surface area contributed by atoms with Gasteiger partial charge >= 0.3 is 0 Å². The molecule has 8 bridgehead atoms. The van der Waals surface area contributed by atoms with Crippen LogP contribution in [0.25, 0.3) is 133 Å². The van der Waals surface area contributed by atoms with Crippen molar-refractivity contribution in [3.05, 3.63) is 144 Å². The molecule has 3 aromatic heterocycles. The summed E-state index contributed by atoms with van der Waals surface area (Å²) in [4.78, 5) is 40.4. The lowest BCUT2D eigenvalue weighted by Gasteiger charge is -2.24. The van der Waals surface area contributed by atoms with Gasteiger partial charge in [0, 0.05) is 66.1 Å².